The Morgan fingerprint density at radius 2 is 2.21 bits per heavy atom. The van der Waals surface area contributed by atoms with Gasteiger partial charge in [0.25, 0.3) is 0 Å². The van der Waals surface area contributed by atoms with Crippen molar-refractivity contribution in [1.82, 2.24) is 19.7 Å². The fraction of sp³-hybridized carbons (Fsp3) is 0.462. The SMILES string of the molecule is CCCc1nc(Br)cc(-c2ccnn2CCOC)n1. The minimum Gasteiger partial charge on any atom is -0.383 e. The largest absolute Gasteiger partial charge is 0.383 e. The highest BCUT2D eigenvalue weighted by Crippen LogP contribution is 2.20. The molecular formula is C13H17BrN4O. The quantitative estimate of drug-likeness (QED) is 0.766. The van der Waals surface area contributed by atoms with Gasteiger partial charge in [0.1, 0.15) is 10.4 Å². The third-order valence-electron chi connectivity index (χ3n) is 2.70. The lowest BCUT2D eigenvalue weighted by Gasteiger charge is -2.08. The normalized spacial score (nSPS) is 10.9. The molecule has 0 unspecified atom stereocenters. The molecule has 0 aliphatic heterocycles. The van der Waals surface area contributed by atoms with Crippen LogP contribution < -0.4 is 0 Å². The van der Waals surface area contributed by atoms with E-state index in [1.807, 2.05) is 16.8 Å². The Hall–Kier alpha value is -1.27. The van der Waals surface area contributed by atoms with Gasteiger partial charge in [-0.2, -0.15) is 5.10 Å². The third-order valence-corrected chi connectivity index (χ3v) is 3.11. The summed E-state index contributed by atoms with van der Waals surface area (Å²) >= 11 is 3.44. The molecule has 0 N–H and O–H groups in total. The number of ether oxygens (including phenoxy) is 1. The fourth-order valence-corrected chi connectivity index (χ4v) is 2.26. The molecule has 0 atom stereocenters. The first-order chi connectivity index (χ1) is 9.24. The van der Waals surface area contributed by atoms with Crippen LogP contribution in [0.3, 0.4) is 0 Å². The number of aryl methyl sites for hydroxylation is 1. The number of nitrogens with zero attached hydrogens (tertiary/aromatic N) is 4. The molecule has 0 aliphatic carbocycles. The summed E-state index contributed by atoms with van der Waals surface area (Å²) in [4.78, 5) is 8.97. The Balaban J connectivity index is 2.32. The summed E-state index contributed by atoms with van der Waals surface area (Å²) in [5.41, 5.74) is 1.87. The maximum Gasteiger partial charge on any atom is 0.130 e. The van der Waals surface area contributed by atoms with E-state index in [2.05, 4.69) is 37.9 Å². The zero-order valence-electron chi connectivity index (χ0n) is 11.1. The lowest BCUT2D eigenvalue weighted by molar-refractivity contribution is 0.184. The van der Waals surface area contributed by atoms with Crippen molar-refractivity contribution in [3.63, 3.8) is 0 Å². The predicted molar refractivity (Wildman–Crippen MR) is 76.8 cm³/mol. The highest BCUT2D eigenvalue weighted by atomic mass is 79.9. The number of methoxy groups -OCH3 is 1. The summed E-state index contributed by atoms with van der Waals surface area (Å²) in [6.45, 7) is 3.46. The molecular weight excluding hydrogens is 308 g/mol. The fourth-order valence-electron chi connectivity index (χ4n) is 1.84. The maximum atomic E-state index is 5.09. The van der Waals surface area contributed by atoms with Crippen molar-refractivity contribution < 1.29 is 4.74 Å². The van der Waals surface area contributed by atoms with Gasteiger partial charge in [-0.3, -0.25) is 4.68 Å². The third kappa shape index (κ3) is 3.61. The van der Waals surface area contributed by atoms with Crippen LogP contribution in [-0.4, -0.2) is 33.5 Å². The van der Waals surface area contributed by atoms with Gasteiger partial charge in [0.05, 0.1) is 24.5 Å². The van der Waals surface area contributed by atoms with Crippen LogP contribution in [-0.2, 0) is 17.7 Å². The number of hydrogen-bond donors (Lipinski definition) is 0. The zero-order chi connectivity index (χ0) is 13.7. The van der Waals surface area contributed by atoms with Crippen molar-refractivity contribution >= 4 is 15.9 Å². The Morgan fingerprint density at radius 3 is 2.95 bits per heavy atom. The minimum atomic E-state index is 0.628. The molecule has 0 fully saturated rings. The van der Waals surface area contributed by atoms with E-state index in [0.717, 1.165) is 34.7 Å². The van der Waals surface area contributed by atoms with E-state index >= 15 is 0 Å². The number of halogens is 1. The molecule has 0 amide bonds. The van der Waals surface area contributed by atoms with Crippen molar-refractivity contribution in [2.24, 2.45) is 0 Å². The molecule has 0 saturated heterocycles. The van der Waals surface area contributed by atoms with Crippen LogP contribution in [0.15, 0.2) is 22.9 Å². The first-order valence-electron chi connectivity index (χ1n) is 6.29. The Kier molecular flexibility index (Phi) is 5.04. The summed E-state index contributed by atoms with van der Waals surface area (Å²) in [7, 11) is 1.68. The molecule has 0 bridgehead atoms. The molecule has 2 heterocycles. The van der Waals surface area contributed by atoms with Crippen LogP contribution in [0.5, 0.6) is 0 Å². The molecule has 0 radical (unpaired) electrons. The predicted octanol–water partition coefficient (Wildman–Crippen LogP) is 2.70. The van der Waals surface area contributed by atoms with E-state index in [4.69, 9.17) is 4.74 Å². The van der Waals surface area contributed by atoms with Gasteiger partial charge in [0, 0.05) is 19.7 Å². The first kappa shape index (κ1) is 14.1. The second kappa shape index (κ2) is 6.77. The van der Waals surface area contributed by atoms with Crippen molar-refractivity contribution in [3.8, 4) is 11.4 Å². The number of aromatic nitrogens is 4. The van der Waals surface area contributed by atoms with E-state index in [1.165, 1.54) is 0 Å². The lowest BCUT2D eigenvalue weighted by atomic mass is 10.2. The van der Waals surface area contributed by atoms with E-state index in [9.17, 15) is 0 Å². The summed E-state index contributed by atoms with van der Waals surface area (Å²) < 4.78 is 7.79. The Morgan fingerprint density at radius 1 is 1.37 bits per heavy atom. The minimum absolute atomic E-state index is 0.628. The van der Waals surface area contributed by atoms with E-state index < -0.39 is 0 Å². The van der Waals surface area contributed by atoms with Crippen LogP contribution in [0, 0.1) is 0 Å². The topological polar surface area (TPSA) is 52.8 Å². The van der Waals surface area contributed by atoms with Crippen molar-refractivity contribution in [1.29, 1.82) is 0 Å². The highest BCUT2D eigenvalue weighted by Gasteiger charge is 2.09. The van der Waals surface area contributed by atoms with Gasteiger partial charge in [-0.15, -0.1) is 0 Å². The summed E-state index contributed by atoms with van der Waals surface area (Å²) in [6.07, 6.45) is 3.68. The maximum absolute atomic E-state index is 5.09. The average molecular weight is 325 g/mol. The van der Waals surface area contributed by atoms with E-state index in [1.54, 1.807) is 13.3 Å². The van der Waals surface area contributed by atoms with Gasteiger partial charge in [-0.1, -0.05) is 6.92 Å². The van der Waals surface area contributed by atoms with Crippen molar-refractivity contribution in [2.45, 2.75) is 26.3 Å². The molecule has 0 saturated carbocycles. The number of hydrogen-bond acceptors (Lipinski definition) is 4. The van der Waals surface area contributed by atoms with Gasteiger partial charge in [0.2, 0.25) is 0 Å². The molecule has 2 rings (SSSR count). The standard InChI is InChI=1S/C13H17BrN4O/c1-3-4-13-16-10(9-12(14)17-13)11-5-6-15-18(11)7-8-19-2/h5-6,9H,3-4,7-8H2,1-2H3. The monoisotopic (exact) mass is 324 g/mol. The van der Waals surface area contributed by atoms with Crippen LogP contribution >= 0.6 is 15.9 Å². The average Bonchev–Trinajstić information content (AvgIpc) is 2.84. The molecule has 19 heavy (non-hydrogen) atoms. The molecule has 6 heteroatoms. The van der Waals surface area contributed by atoms with Crippen LogP contribution in [0.25, 0.3) is 11.4 Å². The lowest BCUT2D eigenvalue weighted by Crippen LogP contribution is -2.08. The summed E-state index contributed by atoms with van der Waals surface area (Å²) in [5.74, 6) is 0.853. The molecule has 2 aromatic heterocycles. The van der Waals surface area contributed by atoms with Gasteiger partial charge in [0.15, 0.2) is 0 Å². The van der Waals surface area contributed by atoms with Crippen molar-refractivity contribution in [3.05, 3.63) is 28.8 Å². The second-order valence-corrected chi connectivity index (χ2v) is 4.99. The molecule has 102 valence electrons. The van der Waals surface area contributed by atoms with E-state index in [0.29, 0.717) is 13.2 Å². The first-order valence-corrected chi connectivity index (χ1v) is 7.08. The van der Waals surface area contributed by atoms with Crippen LogP contribution in [0.2, 0.25) is 0 Å². The molecule has 0 aromatic carbocycles. The van der Waals surface area contributed by atoms with Crippen LogP contribution in [0.1, 0.15) is 19.2 Å². The van der Waals surface area contributed by atoms with Gasteiger partial charge >= 0.3 is 0 Å². The second-order valence-electron chi connectivity index (χ2n) is 4.17. The zero-order valence-corrected chi connectivity index (χ0v) is 12.7. The summed E-state index contributed by atoms with van der Waals surface area (Å²) in [5, 5.41) is 4.30. The smallest absolute Gasteiger partial charge is 0.130 e. The molecule has 0 spiro atoms. The highest BCUT2D eigenvalue weighted by molar-refractivity contribution is 9.10. The molecule has 2 aromatic rings. The molecule has 0 aliphatic rings. The molecule has 5 nitrogen and oxygen atoms in total. The Bertz CT molecular complexity index is 541. The van der Waals surface area contributed by atoms with Crippen molar-refractivity contribution in [2.75, 3.05) is 13.7 Å². The van der Waals surface area contributed by atoms with Gasteiger partial charge in [-0.25, -0.2) is 9.97 Å². The van der Waals surface area contributed by atoms with Gasteiger partial charge < -0.3 is 4.74 Å². The van der Waals surface area contributed by atoms with E-state index in [-0.39, 0.29) is 0 Å². The Labute approximate surface area is 121 Å². The summed E-state index contributed by atoms with van der Waals surface area (Å²) in [6, 6.07) is 3.87. The van der Waals surface area contributed by atoms with Crippen LogP contribution in [0.4, 0.5) is 0 Å². The number of rotatable bonds is 6. The van der Waals surface area contributed by atoms with Gasteiger partial charge in [-0.05, 0) is 34.5 Å².